The number of benzene rings is 2. The van der Waals surface area contributed by atoms with Crippen LogP contribution in [0, 0.1) is 0 Å². The Morgan fingerprint density at radius 2 is 2.15 bits per heavy atom. The van der Waals surface area contributed by atoms with Gasteiger partial charge in [0.05, 0.1) is 12.6 Å². The van der Waals surface area contributed by atoms with Crippen molar-refractivity contribution >= 4 is 11.7 Å². The number of aromatic hydroxyl groups is 1. The molecule has 0 spiro atoms. The third-order valence-corrected chi connectivity index (χ3v) is 4.29. The van der Waals surface area contributed by atoms with Gasteiger partial charge in [-0.3, -0.25) is 0 Å². The molecule has 0 aliphatic carbocycles. The average Bonchev–Trinajstić information content (AvgIpc) is 3.16. The number of phenolic OH excluding ortho intramolecular Hbond substituents is 1. The van der Waals surface area contributed by atoms with Crippen LogP contribution in [0.3, 0.4) is 0 Å². The molecule has 2 N–H and O–H groups in total. The number of amides is 2. The highest BCUT2D eigenvalue weighted by atomic mass is 16.5. The number of hydrogen-bond donors (Lipinski definition) is 2. The lowest BCUT2D eigenvalue weighted by Gasteiger charge is -2.19. The number of phenols is 1. The second kappa shape index (κ2) is 8.58. The van der Waals surface area contributed by atoms with Gasteiger partial charge in [0.15, 0.2) is 0 Å². The van der Waals surface area contributed by atoms with Crippen molar-refractivity contribution in [2.45, 2.75) is 25.5 Å². The van der Waals surface area contributed by atoms with Crippen LogP contribution in [0.25, 0.3) is 0 Å². The topological polar surface area (TPSA) is 71.0 Å². The monoisotopic (exact) mass is 356 g/mol. The lowest BCUT2D eigenvalue weighted by molar-refractivity contribution is 0.0680. The lowest BCUT2D eigenvalue weighted by Crippen LogP contribution is -2.30. The summed E-state index contributed by atoms with van der Waals surface area (Å²) in [5.41, 5.74) is 1.35. The summed E-state index contributed by atoms with van der Waals surface area (Å²) in [6.07, 6.45) is 2.25. The van der Waals surface area contributed by atoms with E-state index < -0.39 is 0 Å². The van der Waals surface area contributed by atoms with Crippen LogP contribution in [0.5, 0.6) is 11.5 Å². The Morgan fingerprint density at radius 3 is 2.92 bits per heavy atom. The number of nitrogens with one attached hydrogen (secondary N) is 1. The molecule has 1 aliphatic heterocycles. The van der Waals surface area contributed by atoms with Gasteiger partial charge in [-0.25, -0.2) is 4.79 Å². The van der Waals surface area contributed by atoms with Crippen molar-refractivity contribution in [3.8, 4) is 11.5 Å². The van der Waals surface area contributed by atoms with Gasteiger partial charge in [-0.05, 0) is 31.0 Å². The number of urea groups is 1. The molecule has 26 heavy (non-hydrogen) atoms. The van der Waals surface area contributed by atoms with E-state index in [4.69, 9.17) is 9.47 Å². The third kappa shape index (κ3) is 4.89. The molecular formula is C20H24N2O4. The molecule has 0 saturated carbocycles. The molecular weight excluding hydrogens is 332 g/mol. The number of hydrogen-bond acceptors (Lipinski definition) is 4. The quantitative estimate of drug-likeness (QED) is 0.829. The molecule has 6 nitrogen and oxygen atoms in total. The standard InChI is InChI=1S/C20H24N2O4/c1-22(13-15-6-2-3-10-19(15)23)20(24)21-16-7-4-8-17(12-16)26-14-18-9-5-11-25-18/h2-4,6-8,10,12,18,23H,5,9,11,13-14H2,1H3,(H,21,24)/t18-/m1/s1. The number of ether oxygens (including phenoxy) is 2. The van der Waals surface area contributed by atoms with Crippen molar-refractivity contribution in [1.82, 2.24) is 4.90 Å². The van der Waals surface area contributed by atoms with Crippen molar-refractivity contribution in [1.29, 1.82) is 0 Å². The highest BCUT2D eigenvalue weighted by molar-refractivity contribution is 5.89. The molecule has 1 heterocycles. The molecule has 0 aromatic heterocycles. The molecule has 6 heteroatoms. The van der Waals surface area contributed by atoms with Gasteiger partial charge in [-0.1, -0.05) is 24.3 Å². The van der Waals surface area contributed by atoms with Gasteiger partial charge < -0.3 is 24.8 Å². The number of rotatable bonds is 6. The van der Waals surface area contributed by atoms with Crippen LogP contribution < -0.4 is 10.1 Å². The minimum Gasteiger partial charge on any atom is -0.508 e. The van der Waals surface area contributed by atoms with Crippen molar-refractivity contribution in [2.24, 2.45) is 0 Å². The molecule has 1 atom stereocenters. The van der Waals surface area contributed by atoms with E-state index in [1.54, 1.807) is 31.3 Å². The van der Waals surface area contributed by atoms with Gasteiger partial charge in [-0.2, -0.15) is 0 Å². The summed E-state index contributed by atoms with van der Waals surface area (Å²) in [5, 5.41) is 12.7. The van der Waals surface area contributed by atoms with Gasteiger partial charge in [0, 0.05) is 31.0 Å². The fourth-order valence-corrected chi connectivity index (χ4v) is 2.82. The molecule has 1 aliphatic rings. The minimum absolute atomic E-state index is 0.151. The maximum Gasteiger partial charge on any atom is 0.321 e. The number of anilines is 1. The Hall–Kier alpha value is -2.73. The van der Waals surface area contributed by atoms with Crippen molar-refractivity contribution in [2.75, 3.05) is 25.6 Å². The molecule has 2 aromatic carbocycles. The molecule has 2 amide bonds. The summed E-state index contributed by atoms with van der Waals surface area (Å²) in [7, 11) is 1.68. The van der Waals surface area contributed by atoms with Crippen LogP contribution in [0.4, 0.5) is 10.5 Å². The first-order chi connectivity index (χ1) is 12.6. The molecule has 1 fully saturated rings. The number of nitrogens with zero attached hydrogens (tertiary/aromatic N) is 1. The summed E-state index contributed by atoms with van der Waals surface area (Å²) < 4.78 is 11.3. The maximum atomic E-state index is 12.4. The Balaban J connectivity index is 1.54. The fourth-order valence-electron chi connectivity index (χ4n) is 2.82. The zero-order valence-corrected chi connectivity index (χ0v) is 14.9. The van der Waals surface area contributed by atoms with E-state index in [0.29, 0.717) is 30.2 Å². The summed E-state index contributed by atoms with van der Waals surface area (Å²) >= 11 is 0. The second-order valence-corrected chi connectivity index (χ2v) is 6.39. The Kier molecular flexibility index (Phi) is 5.96. The van der Waals surface area contributed by atoms with Gasteiger partial charge in [0.2, 0.25) is 0 Å². The predicted molar refractivity (Wildman–Crippen MR) is 99.5 cm³/mol. The first kappa shape index (κ1) is 18.1. The zero-order chi connectivity index (χ0) is 18.4. The number of carbonyl (C=O) groups excluding carboxylic acids is 1. The Morgan fingerprint density at radius 1 is 1.31 bits per heavy atom. The van der Waals surface area contributed by atoms with Crippen LogP contribution in [-0.4, -0.2) is 42.4 Å². The minimum atomic E-state index is -0.260. The smallest absolute Gasteiger partial charge is 0.321 e. The molecule has 0 radical (unpaired) electrons. The van der Waals surface area contributed by atoms with E-state index in [-0.39, 0.29) is 17.9 Å². The molecule has 0 bridgehead atoms. The van der Waals surface area contributed by atoms with Gasteiger partial charge >= 0.3 is 6.03 Å². The highest BCUT2D eigenvalue weighted by Gasteiger charge is 2.16. The highest BCUT2D eigenvalue weighted by Crippen LogP contribution is 2.21. The van der Waals surface area contributed by atoms with Gasteiger partial charge in [0.25, 0.3) is 0 Å². The van der Waals surface area contributed by atoms with Crippen LogP contribution in [-0.2, 0) is 11.3 Å². The van der Waals surface area contributed by atoms with Crippen molar-refractivity contribution < 1.29 is 19.4 Å². The second-order valence-electron chi connectivity index (χ2n) is 6.39. The summed E-state index contributed by atoms with van der Waals surface area (Å²) in [4.78, 5) is 13.9. The predicted octanol–water partition coefficient (Wildman–Crippen LogP) is 3.61. The van der Waals surface area contributed by atoms with Crippen molar-refractivity contribution in [3.05, 3.63) is 54.1 Å². The van der Waals surface area contributed by atoms with Crippen LogP contribution in [0.1, 0.15) is 18.4 Å². The molecule has 2 aromatic rings. The van der Waals surface area contributed by atoms with Crippen LogP contribution in [0.2, 0.25) is 0 Å². The summed E-state index contributed by atoms with van der Waals surface area (Å²) in [6.45, 7) is 1.63. The van der Waals surface area contributed by atoms with E-state index in [2.05, 4.69) is 5.32 Å². The zero-order valence-electron chi connectivity index (χ0n) is 14.9. The van der Waals surface area contributed by atoms with Crippen molar-refractivity contribution in [3.63, 3.8) is 0 Å². The normalized spacial score (nSPS) is 16.3. The van der Waals surface area contributed by atoms with E-state index >= 15 is 0 Å². The fraction of sp³-hybridized carbons (Fsp3) is 0.350. The number of carbonyl (C=O) groups is 1. The Bertz CT molecular complexity index is 744. The third-order valence-electron chi connectivity index (χ3n) is 4.29. The van der Waals surface area contributed by atoms with Gasteiger partial charge in [-0.15, -0.1) is 0 Å². The van der Waals surface area contributed by atoms with Crippen LogP contribution >= 0.6 is 0 Å². The molecule has 0 unspecified atom stereocenters. The molecule has 3 rings (SSSR count). The molecule has 138 valence electrons. The summed E-state index contributed by atoms with van der Waals surface area (Å²) in [5.74, 6) is 0.873. The van der Waals surface area contributed by atoms with Gasteiger partial charge in [0.1, 0.15) is 18.1 Å². The SMILES string of the molecule is CN(Cc1ccccc1O)C(=O)Nc1cccc(OC[C@H]2CCCO2)c1. The first-order valence-electron chi connectivity index (χ1n) is 8.75. The van der Waals surface area contributed by atoms with E-state index in [1.807, 2.05) is 24.3 Å². The first-order valence-corrected chi connectivity index (χ1v) is 8.75. The largest absolute Gasteiger partial charge is 0.508 e. The summed E-state index contributed by atoms with van der Waals surface area (Å²) in [6, 6.07) is 14.0. The van der Waals surface area contributed by atoms with E-state index in [9.17, 15) is 9.90 Å². The maximum absolute atomic E-state index is 12.4. The molecule has 1 saturated heterocycles. The Labute approximate surface area is 153 Å². The lowest BCUT2D eigenvalue weighted by atomic mass is 10.2. The van der Waals surface area contributed by atoms with E-state index in [0.717, 1.165) is 19.4 Å². The van der Waals surface area contributed by atoms with Crippen LogP contribution in [0.15, 0.2) is 48.5 Å². The van der Waals surface area contributed by atoms with E-state index in [1.165, 1.54) is 4.90 Å². The number of para-hydroxylation sites is 1. The average molecular weight is 356 g/mol.